The number of hydrogen-bond donors (Lipinski definition) is 3. The molecule has 0 saturated heterocycles. The van der Waals surface area contributed by atoms with Crippen LogP contribution in [0.2, 0.25) is 10.0 Å². The predicted molar refractivity (Wildman–Crippen MR) is 252 cm³/mol. The summed E-state index contributed by atoms with van der Waals surface area (Å²) < 4.78 is 54.4. The summed E-state index contributed by atoms with van der Waals surface area (Å²) in [5.74, 6) is -0.158. The number of amides is 1. The number of nitrogens with one attached hydrogen (secondary N) is 2. The van der Waals surface area contributed by atoms with E-state index in [0.29, 0.717) is 68.5 Å². The van der Waals surface area contributed by atoms with E-state index in [4.69, 9.17) is 47.4 Å². The van der Waals surface area contributed by atoms with Gasteiger partial charge >= 0.3 is 5.97 Å². The van der Waals surface area contributed by atoms with Crippen molar-refractivity contribution >= 4 is 50.9 Å². The number of aromatic nitrogens is 1. The van der Waals surface area contributed by atoms with Crippen LogP contribution in [0.4, 0.5) is 5.82 Å². The van der Waals surface area contributed by atoms with E-state index in [1.165, 1.54) is 6.07 Å². The van der Waals surface area contributed by atoms with Gasteiger partial charge in [-0.15, -0.1) is 0 Å². The van der Waals surface area contributed by atoms with Crippen LogP contribution in [0.3, 0.4) is 0 Å². The fourth-order valence-electron chi connectivity index (χ4n) is 7.94. The van der Waals surface area contributed by atoms with Gasteiger partial charge in [0.2, 0.25) is 15.9 Å². The maximum atomic E-state index is 14.8. The van der Waals surface area contributed by atoms with Crippen molar-refractivity contribution in [2.45, 2.75) is 56.0 Å². The van der Waals surface area contributed by atoms with Gasteiger partial charge in [-0.2, -0.15) is 9.57 Å². The molecular formula is C50H45Cl2N5O9S. The van der Waals surface area contributed by atoms with Gasteiger partial charge in [-0.25, -0.2) is 18.2 Å². The molecule has 3 heterocycles. The zero-order valence-electron chi connectivity index (χ0n) is 36.4. The number of anilines is 1. The molecule has 0 aliphatic carbocycles. The van der Waals surface area contributed by atoms with Crippen molar-refractivity contribution in [3.05, 3.63) is 164 Å². The molecule has 17 heteroatoms. The van der Waals surface area contributed by atoms with Crippen LogP contribution in [0, 0.1) is 18.3 Å². The number of fused-ring (bicyclic) bond motifs is 2. The number of halogens is 2. The molecule has 67 heavy (non-hydrogen) atoms. The lowest BCUT2D eigenvalue weighted by molar-refractivity contribution is -0.142. The maximum absolute atomic E-state index is 14.8. The highest BCUT2D eigenvalue weighted by Crippen LogP contribution is 2.42. The molecule has 14 nitrogen and oxygen atoms in total. The molecule has 3 atom stereocenters. The second-order valence-corrected chi connectivity index (χ2v) is 18.7. The maximum Gasteiger partial charge on any atom is 0.326 e. The number of ether oxygens (including phenoxy) is 4. The van der Waals surface area contributed by atoms with Crippen molar-refractivity contribution in [1.29, 1.82) is 5.26 Å². The average molecular weight is 963 g/mol. The highest BCUT2D eigenvalue weighted by molar-refractivity contribution is 7.89. The van der Waals surface area contributed by atoms with Gasteiger partial charge in [-0.1, -0.05) is 77.8 Å². The summed E-state index contributed by atoms with van der Waals surface area (Å²) in [5, 5.41) is 26.2. The molecule has 0 fully saturated rings. The summed E-state index contributed by atoms with van der Waals surface area (Å²) in [7, 11) is -2.86. The standard InChI is InChI=1S/C50H45Cl2N5O9S/c1-30-47(17-18-48(55-30)54-19-20-63-2)67(61,62)57-27-38-25-45-44(65-29-46(66-45)36-12-14-39(15-13-36)64-28-33-7-16-40(51)41(52)21-33)24-37(38)23-43(57)49(58)56-42(50(59)60)22-31-3-8-34(9-4-31)35-10-5-32(26-53)6-11-35/h3-18,21,24-25,42-43,46H,19-20,22-23,27-29H2,1-2H3,(H,54,55)(H,56,58)(H,59,60)/t42-,43?,46+/m0/s1. The molecule has 6 aromatic rings. The summed E-state index contributed by atoms with van der Waals surface area (Å²) in [6.45, 7) is 2.67. The first-order valence-electron chi connectivity index (χ1n) is 21.3. The van der Waals surface area contributed by atoms with Gasteiger partial charge in [0.1, 0.15) is 41.8 Å². The normalized spacial score (nSPS) is 16.0. The molecule has 0 radical (unpaired) electrons. The minimum Gasteiger partial charge on any atom is -0.489 e. The number of carbonyl (C=O) groups excluding carboxylic acids is 1. The van der Waals surface area contributed by atoms with Crippen LogP contribution in [-0.4, -0.2) is 73.6 Å². The minimum absolute atomic E-state index is 0.0698. The highest BCUT2D eigenvalue weighted by atomic mass is 35.5. The molecule has 0 spiro atoms. The van der Waals surface area contributed by atoms with Crippen molar-refractivity contribution in [3.63, 3.8) is 0 Å². The van der Waals surface area contributed by atoms with Crippen molar-refractivity contribution < 1.29 is 42.1 Å². The van der Waals surface area contributed by atoms with Gasteiger partial charge < -0.3 is 34.7 Å². The number of sulfonamides is 1. The number of aryl methyl sites for hydroxylation is 1. The van der Waals surface area contributed by atoms with Crippen molar-refractivity contribution in [1.82, 2.24) is 14.6 Å². The zero-order valence-corrected chi connectivity index (χ0v) is 38.7. The van der Waals surface area contributed by atoms with Gasteiger partial charge in [-0.05, 0) is 113 Å². The second kappa shape index (κ2) is 20.5. The van der Waals surface area contributed by atoms with E-state index in [1.54, 1.807) is 68.6 Å². The van der Waals surface area contributed by atoms with Gasteiger partial charge in [0.25, 0.3) is 0 Å². The fraction of sp³-hybridized carbons (Fsp3) is 0.240. The number of rotatable bonds is 16. The van der Waals surface area contributed by atoms with Crippen LogP contribution in [-0.2, 0) is 50.3 Å². The van der Waals surface area contributed by atoms with Crippen LogP contribution < -0.4 is 24.8 Å². The van der Waals surface area contributed by atoms with E-state index in [1.807, 2.05) is 54.6 Å². The van der Waals surface area contributed by atoms with Crippen LogP contribution in [0.1, 0.15) is 45.2 Å². The average Bonchev–Trinajstić information content (AvgIpc) is 3.33. The van der Waals surface area contributed by atoms with Crippen LogP contribution >= 0.6 is 23.2 Å². The highest BCUT2D eigenvalue weighted by Gasteiger charge is 2.42. The molecule has 3 N–H and O–H groups in total. The Balaban J connectivity index is 1.03. The van der Waals surface area contributed by atoms with Gasteiger partial charge in [0.15, 0.2) is 17.6 Å². The van der Waals surface area contributed by atoms with Crippen LogP contribution in [0.15, 0.2) is 120 Å². The number of carboxylic acid groups (broad SMARTS) is 1. The third kappa shape index (κ3) is 10.8. The summed E-state index contributed by atoms with van der Waals surface area (Å²) in [6, 6.07) is 32.9. The Morgan fingerprint density at radius 3 is 2.28 bits per heavy atom. The SMILES string of the molecule is COCCNc1ccc(S(=O)(=O)N2Cc3cc4c(cc3CC2C(=O)N[C@@H](Cc2ccc(-c3ccc(C#N)cc3)cc2)C(=O)O)OC[C@H](c2ccc(OCc3ccc(Cl)c(Cl)c3)cc2)O4)c(C)n1. The molecule has 344 valence electrons. The zero-order chi connectivity index (χ0) is 47.2. The molecule has 8 rings (SSSR count). The number of methoxy groups -OCH3 is 1. The van der Waals surface area contributed by atoms with Crippen LogP contribution in [0.5, 0.6) is 17.2 Å². The molecule has 2 aliphatic heterocycles. The largest absolute Gasteiger partial charge is 0.489 e. The topological polar surface area (TPSA) is 189 Å². The summed E-state index contributed by atoms with van der Waals surface area (Å²) in [6.07, 6.45) is -0.653. The third-order valence-corrected chi connectivity index (χ3v) is 14.3. The van der Waals surface area contributed by atoms with E-state index in [2.05, 4.69) is 21.7 Å². The van der Waals surface area contributed by atoms with E-state index in [-0.39, 0.29) is 43.2 Å². The smallest absolute Gasteiger partial charge is 0.326 e. The lowest BCUT2D eigenvalue weighted by Gasteiger charge is -2.37. The number of nitrogens with zero attached hydrogens (tertiary/aromatic N) is 3. The van der Waals surface area contributed by atoms with Crippen molar-refractivity contribution in [2.24, 2.45) is 0 Å². The fourth-order valence-corrected chi connectivity index (χ4v) is 9.99. The van der Waals surface area contributed by atoms with Crippen molar-refractivity contribution in [3.8, 4) is 34.4 Å². The Morgan fingerprint density at radius 2 is 1.61 bits per heavy atom. The van der Waals surface area contributed by atoms with Crippen LogP contribution in [0.25, 0.3) is 11.1 Å². The first kappa shape index (κ1) is 46.8. The predicted octanol–water partition coefficient (Wildman–Crippen LogP) is 8.31. The number of pyridine rings is 1. The Bertz CT molecular complexity index is 2950. The van der Waals surface area contributed by atoms with Gasteiger partial charge in [0, 0.05) is 26.6 Å². The molecular weight excluding hydrogens is 918 g/mol. The molecule has 2 aliphatic rings. The Labute approximate surface area is 398 Å². The number of carboxylic acids is 1. The quantitative estimate of drug-likeness (QED) is 0.0789. The van der Waals surface area contributed by atoms with Gasteiger partial charge in [-0.3, -0.25) is 4.79 Å². The van der Waals surface area contributed by atoms with E-state index in [0.717, 1.165) is 26.6 Å². The lowest BCUT2D eigenvalue weighted by atomic mass is 9.93. The summed E-state index contributed by atoms with van der Waals surface area (Å²) >= 11 is 12.2. The number of hydrogen-bond acceptors (Lipinski definition) is 11. The molecule has 0 bridgehead atoms. The number of benzene rings is 5. The van der Waals surface area contributed by atoms with E-state index >= 15 is 0 Å². The van der Waals surface area contributed by atoms with E-state index in [9.17, 15) is 23.1 Å². The number of carbonyl (C=O) groups is 2. The monoisotopic (exact) mass is 961 g/mol. The second-order valence-electron chi connectivity index (χ2n) is 16.1. The lowest BCUT2D eigenvalue weighted by Crippen LogP contribution is -2.55. The summed E-state index contributed by atoms with van der Waals surface area (Å²) in [4.78, 5) is 31.5. The summed E-state index contributed by atoms with van der Waals surface area (Å²) in [5.41, 5.74) is 6.03. The molecule has 1 unspecified atom stereocenters. The number of nitriles is 1. The third-order valence-electron chi connectivity index (χ3n) is 11.5. The molecule has 1 aromatic heterocycles. The number of aliphatic carboxylic acids is 1. The Kier molecular flexibility index (Phi) is 14.3. The minimum atomic E-state index is -4.43. The first-order chi connectivity index (χ1) is 32.3. The van der Waals surface area contributed by atoms with Crippen molar-refractivity contribution in [2.75, 3.05) is 32.2 Å². The van der Waals surface area contributed by atoms with Gasteiger partial charge in [0.05, 0.1) is 34.0 Å². The molecule has 0 saturated carbocycles. The first-order valence-corrected chi connectivity index (χ1v) is 23.5. The molecule has 5 aromatic carbocycles. The Hall–Kier alpha value is -6.67. The Morgan fingerprint density at radius 1 is 0.910 bits per heavy atom. The molecule has 1 amide bonds. The van der Waals surface area contributed by atoms with E-state index < -0.39 is 40.1 Å².